The molecule has 1 saturated carbocycles. The maximum absolute atomic E-state index is 11.0. The van der Waals surface area contributed by atoms with Crippen molar-refractivity contribution in [2.75, 3.05) is 12.4 Å². The minimum absolute atomic E-state index is 0.0335. The van der Waals surface area contributed by atoms with Gasteiger partial charge in [-0.2, -0.15) is 0 Å². The van der Waals surface area contributed by atoms with Crippen LogP contribution in [-0.2, 0) is 13.8 Å². The highest BCUT2D eigenvalue weighted by atomic mass is 35.7. The largest absolute Gasteiger partial charge is 0.378 e. The van der Waals surface area contributed by atoms with E-state index >= 15 is 0 Å². The molecule has 1 aliphatic rings. The summed E-state index contributed by atoms with van der Waals surface area (Å²) in [6.07, 6.45) is 6.25. The highest BCUT2D eigenvalue weighted by Gasteiger charge is 2.27. The van der Waals surface area contributed by atoms with Crippen LogP contribution in [0.5, 0.6) is 0 Å². The molecule has 0 bridgehead atoms. The summed E-state index contributed by atoms with van der Waals surface area (Å²) in [5, 5.41) is 0. The summed E-state index contributed by atoms with van der Waals surface area (Å²) in [6, 6.07) is 0. The van der Waals surface area contributed by atoms with E-state index in [9.17, 15) is 8.42 Å². The minimum Gasteiger partial charge on any atom is -0.378 e. The highest BCUT2D eigenvalue weighted by Crippen LogP contribution is 2.25. The standard InChI is InChI=1S/C11H21ClO3S/c1-11(2,9-16(12,13)14)8-15-10-6-4-3-5-7-10/h10H,3-9H2,1-2H3. The molecule has 3 nitrogen and oxygen atoms in total. The molecule has 16 heavy (non-hydrogen) atoms. The fourth-order valence-electron chi connectivity index (χ4n) is 2.08. The number of hydrogen-bond acceptors (Lipinski definition) is 3. The molecule has 0 aromatic heterocycles. The first-order chi connectivity index (χ1) is 7.29. The van der Waals surface area contributed by atoms with Crippen molar-refractivity contribution in [3.05, 3.63) is 0 Å². The van der Waals surface area contributed by atoms with Crippen molar-refractivity contribution in [2.45, 2.75) is 52.1 Å². The first kappa shape index (κ1) is 14.3. The second-order valence-corrected chi connectivity index (χ2v) is 8.20. The maximum atomic E-state index is 11.0. The predicted molar refractivity (Wildman–Crippen MR) is 66.2 cm³/mol. The van der Waals surface area contributed by atoms with Gasteiger partial charge in [-0.3, -0.25) is 0 Å². The van der Waals surface area contributed by atoms with Gasteiger partial charge in [0.15, 0.2) is 0 Å². The molecule has 0 heterocycles. The van der Waals surface area contributed by atoms with Gasteiger partial charge >= 0.3 is 0 Å². The third-order valence-electron chi connectivity index (χ3n) is 2.83. The average molecular weight is 269 g/mol. The number of hydrogen-bond donors (Lipinski definition) is 0. The monoisotopic (exact) mass is 268 g/mol. The van der Waals surface area contributed by atoms with E-state index in [1.54, 1.807) is 0 Å². The van der Waals surface area contributed by atoms with Crippen molar-refractivity contribution in [1.82, 2.24) is 0 Å². The molecule has 96 valence electrons. The van der Waals surface area contributed by atoms with Crippen LogP contribution in [0.4, 0.5) is 0 Å². The zero-order chi connectivity index (χ0) is 12.2. The van der Waals surface area contributed by atoms with Gasteiger partial charge in [0.1, 0.15) is 0 Å². The molecule has 0 radical (unpaired) electrons. The Labute approximate surface area is 103 Å². The molecule has 0 aromatic carbocycles. The summed E-state index contributed by atoms with van der Waals surface area (Å²) in [5.74, 6) is -0.0335. The smallest absolute Gasteiger partial charge is 0.233 e. The Morgan fingerprint density at radius 1 is 1.25 bits per heavy atom. The van der Waals surface area contributed by atoms with E-state index in [-0.39, 0.29) is 5.75 Å². The summed E-state index contributed by atoms with van der Waals surface area (Å²) in [7, 11) is 1.81. The van der Waals surface area contributed by atoms with Crippen LogP contribution in [0.25, 0.3) is 0 Å². The average Bonchev–Trinajstić information content (AvgIpc) is 2.13. The third-order valence-corrected chi connectivity index (χ3v) is 4.28. The van der Waals surface area contributed by atoms with Gasteiger partial charge in [-0.15, -0.1) is 0 Å². The molecule has 0 atom stereocenters. The van der Waals surface area contributed by atoms with Crippen molar-refractivity contribution in [1.29, 1.82) is 0 Å². The zero-order valence-corrected chi connectivity index (χ0v) is 11.6. The van der Waals surface area contributed by atoms with Crippen LogP contribution in [-0.4, -0.2) is 26.9 Å². The van der Waals surface area contributed by atoms with Crippen LogP contribution in [0.2, 0.25) is 0 Å². The SMILES string of the molecule is CC(C)(COC1CCCCC1)CS(=O)(=O)Cl. The molecule has 0 unspecified atom stereocenters. The Hall–Kier alpha value is 0.200. The fraction of sp³-hybridized carbons (Fsp3) is 1.00. The molecule has 0 aromatic rings. The number of halogens is 1. The van der Waals surface area contributed by atoms with Gasteiger partial charge in [-0.05, 0) is 12.8 Å². The normalized spacial score (nSPS) is 19.9. The van der Waals surface area contributed by atoms with Gasteiger partial charge < -0.3 is 4.74 Å². The molecule has 0 N–H and O–H groups in total. The molecule has 1 fully saturated rings. The highest BCUT2D eigenvalue weighted by molar-refractivity contribution is 8.13. The van der Waals surface area contributed by atoms with E-state index < -0.39 is 14.5 Å². The Morgan fingerprint density at radius 3 is 2.31 bits per heavy atom. The van der Waals surface area contributed by atoms with Crippen LogP contribution >= 0.6 is 10.7 Å². The van der Waals surface area contributed by atoms with E-state index in [4.69, 9.17) is 15.4 Å². The topological polar surface area (TPSA) is 43.4 Å². The molecule has 0 amide bonds. The van der Waals surface area contributed by atoms with Gasteiger partial charge in [0, 0.05) is 16.1 Å². The van der Waals surface area contributed by atoms with Crippen molar-refractivity contribution < 1.29 is 13.2 Å². The molecule has 0 spiro atoms. The van der Waals surface area contributed by atoms with E-state index in [1.165, 1.54) is 19.3 Å². The van der Waals surface area contributed by atoms with Crippen LogP contribution in [0, 0.1) is 5.41 Å². The van der Waals surface area contributed by atoms with Crippen molar-refractivity contribution >= 4 is 19.7 Å². The minimum atomic E-state index is -3.44. The van der Waals surface area contributed by atoms with E-state index in [1.807, 2.05) is 13.8 Å². The van der Waals surface area contributed by atoms with Crippen molar-refractivity contribution in [2.24, 2.45) is 5.41 Å². The van der Waals surface area contributed by atoms with Gasteiger partial charge in [0.25, 0.3) is 0 Å². The summed E-state index contributed by atoms with van der Waals surface area (Å²) < 4.78 is 27.8. The van der Waals surface area contributed by atoms with Gasteiger partial charge in [0.05, 0.1) is 18.5 Å². The Bertz CT molecular complexity index is 305. The van der Waals surface area contributed by atoms with Crippen molar-refractivity contribution in [3.8, 4) is 0 Å². The van der Waals surface area contributed by atoms with Crippen LogP contribution in [0.3, 0.4) is 0 Å². The second kappa shape index (κ2) is 5.69. The first-order valence-corrected chi connectivity index (χ1v) is 8.30. The summed E-state index contributed by atoms with van der Waals surface area (Å²) in [4.78, 5) is 0. The Balaban J connectivity index is 2.34. The van der Waals surface area contributed by atoms with Crippen LogP contribution < -0.4 is 0 Å². The number of rotatable bonds is 5. The van der Waals surface area contributed by atoms with E-state index in [0.717, 1.165) is 12.8 Å². The van der Waals surface area contributed by atoms with Gasteiger partial charge in [-0.25, -0.2) is 8.42 Å². The lowest BCUT2D eigenvalue weighted by Gasteiger charge is -2.28. The molecule has 0 saturated heterocycles. The second-order valence-electron chi connectivity index (χ2n) is 5.42. The summed E-state index contributed by atoms with van der Waals surface area (Å²) in [6.45, 7) is 4.20. The lowest BCUT2D eigenvalue weighted by atomic mass is 9.95. The van der Waals surface area contributed by atoms with E-state index in [2.05, 4.69) is 0 Å². The molecule has 1 aliphatic carbocycles. The van der Waals surface area contributed by atoms with E-state index in [0.29, 0.717) is 12.7 Å². The fourth-order valence-corrected chi connectivity index (χ4v) is 3.99. The predicted octanol–water partition coefficient (Wildman–Crippen LogP) is 2.93. The quantitative estimate of drug-likeness (QED) is 0.720. The molecule has 1 rings (SSSR count). The number of ether oxygens (including phenoxy) is 1. The molecular weight excluding hydrogens is 248 g/mol. The first-order valence-electron chi connectivity index (χ1n) is 5.82. The Morgan fingerprint density at radius 2 is 1.81 bits per heavy atom. The van der Waals surface area contributed by atoms with Gasteiger partial charge in [0.2, 0.25) is 9.05 Å². The zero-order valence-electron chi connectivity index (χ0n) is 10.0. The molecule has 5 heteroatoms. The van der Waals surface area contributed by atoms with Crippen LogP contribution in [0.1, 0.15) is 46.0 Å². The van der Waals surface area contributed by atoms with Crippen LogP contribution in [0.15, 0.2) is 0 Å². The van der Waals surface area contributed by atoms with Crippen molar-refractivity contribution in [3.63, 3.8) is 0 Å². The summed E-state index contributed by atoms with van der Waals surface area (Å²) in [5.41, 5.74) is -0.405. The summed E-state index contributed by atoms with van der Waals surface area (Å²) >= 11 is 0. The maximum Gasteiger partial charge on any atom is 0.233 e. The lowest BCUT2D eigenvalue weighted by Crippen LogP contribution is -2.30. The lowest BCUT2D eigenvalue weighted by molar-refractivity contribution is -0.00860. The Kier molecular flexibility index (Phi) is 5.08. The molecule has 0 aliphatic heterocycles. The third kappa shape index (κ3) is 6.06. The molecular formula is C11H21ClO3S. The van der Waals surface area contributed by atoms with Gasteiger partial charge in [-0.1, -0.05) is 33.1 Å².